The number of amides is 1. The normalized spacial score (nSPS) is 10.9. The first-order valence-corrected chi connectivity index (χ1v) is 25.6. The maximum absolute atomic E-state index is 14.0. The van der Waals surface area contributed by atoms with E-state index in [1.807, 2.05) is 0 Å². The highest BCUT2D eigenvalue weighted by Gasteiger charge is 2.25. The van der Waals surface area contributed by atoms with E-state index in [0.717, 1.165) is 22.7 Å². The van der Waals surface area contributed by atoms with Gasteiger partial charge in [-0.2, -0.15) is 10.1 Å². The number of ether oxygens (including phenoxy) is 2. The molecule has 366 valence electrons. The smallest absolute Gasteiger partial charge is 0.291 e. The predicted octanol–water partition coefficient (Wildman–Crippen LogP) is 19.0. The van der Waals surface area contributed by atoms with E-state index in [0.29, 0.717) is 26.7 Å². The third-order valence-electron chi connectivity index (χ3n) is 7.93. The summed E-state index contributed by atoms with van der Waals surface area (Å²) in [4.78, 5) is 31.8. The van der Waals surface area contributed by atoms with Gasteiger partial charge in [-0.1, -0.05) is 157 Å². The molecule has 1 amide bonds. The second-order valence-corrected chi connectivity index (χ2v) is 21.1. The van der Waals surface area contributed by atoms with Gasteiger partial charge < -0.3 is 9.47 Å². The van der Waals surface area contributed by atoms with Gasteiger partial charge in [0.05, 0.1) is 80.0 Å². The van der Waals surface area contributed by atoms with Crippen molar-refractivity contribution >= 4 is 208 Å². The van der Waals surface area contributed by atoms with Crippen molar-refractivity contribution in [3.63, 3.8) is 0 Å². The summed E-state index contributed by atoms with van der Waals surface area (Å²) < 4.78 is 53.5. The quantitative estimate of drug-likeness (QED) is 0.0919. The zero-order valence-electron chi connectivity index (χ0n) is 34.3. The van der Waals surface area contributed by atoms with E-state index in [1.54, 1.807) is 27.0 Å². The number of aryl methyl sites for hydroxylation is 1. The number of carbonyl (C=O) groups is 2. The van der Waals surface area contributed by atoms with Crippen LogP contribution in [0.2, 0.25) is 58.2 Å². The Hall–Kier alpha value is -2.26. The van der Waals surface area contributed by atoms with E-state index in [4.69, 9.17) is 166 Å². The monoisotopic (exact) mass is 1260 g/mol. The summed E-state index contributed by atoms with van der Waals surface area (Å²) in [6.45, 7) is 3.88. The molecule has 0 fully saturated rings. The van der Waals surface area contributed by atoms with E-state index in [9.17, 15) is 22.8 Å². The van der Waals surface area contributed by atoms with E-state index < -0.39 is 28.6 Å². The lowest BCUT2D eigenvalue weighted by atomic mass is 10.2. The number of hydrogen-bond donors (Lipinski definition) is 1. The average Bonchev–Trinajstić information content (AvgIpc) is 3.96. The SMILES string of the molecule is CCOC(=N)c1c(F)cccc1Cl.CCOC(=NC(=O)c1sc(Cl)c(Cl)c1Cl)c1c(F)cccc1Cl.Cn1nc(-c2c(F)cccc2Cl)nc1-c1sc(Cl)c(Cl)c1Cl.O=C(Cl)c1sc(Cl)c(Cl)c1Cl. The molecule has 3 aromatic carbocycles. The molecule has 4 aromatic heterocycles. The fourth-order valence-electron chi connectivity index (χ4n) is 4.98. The Labute approximate surface area is 467 Å². The van der Waals surface area contributed by atoms with Gasteiger partial charge in [0.2, 0.25) is 11.8 Å². The van der Waals surface area contributed by atoms with Crippen LogP contribution in [0.3, 0.4) is 0 Å². The van der Waals surface area contributed by atoms with Gasteiger partial charge in [0, 0.05) is 7.05 Å². The first-order chi connectivity index (χ1) is 32.5. The number of benzene rings is 3. The van der Waals surface area contributed by atoms with Crippen molar-refractivity contribution in [1.29, 1.82) is 5.41 Å². The lowest BCUT2D eigenvalue weighted by Crippen LogP contribution is -2.12. The van der Waals surface area contributed by atoms with Crippen LogP contribution in [0.25, 0.3) is 22.1 Å². The summed E-state index contributed by atoms with van der Waals surface area (Å²) in [6, 6.07) is 12.7. The van der Waals surface area contributed by atoms with Crippen LogP contribution in [0.15, 0.2) is 59.6 Å². The highest BCUT2D eigenvalue weighted by Crippen LogP contribution is 2.46. The van der Waals surface area contributed by atoms with E-state index in [-0.39, 0.29) is 99.5 Å². The van der Waals surface area contributed by atoms with Gasteiger partial charge in [-0.15, -0.1) is 34.0 Å². The molecule has 7 aromatic rings. The lowest BCUT2D eigenvalue weighted by molar-refractivity contribution is 0.100. The number of carbonyl (C=O) groups excluding carboxylic acids is 2. The molecule has 1 N–H and O–H groups in total. The minimum atomic E-state index is -0.753. The minimum absolute atomic E-state index is 0.00843. The second-order valence-electron chi connectivity index (χ2n) is 12.4. The van der Waals surface area contributed by atoms with Gasteiger partial charge in [-0.3, -0.25) is 15.0 Å². The third-order valence-corrected chi connectivity index (χ3v) is 16.9. The standard InChI is InChI=1S/C14H8Cl4FNO2S.C13H6Cl4FN3S.C9H9ClFNO.C5Cl4OS/c1-2-22-14(8-6(15)4-3-5-7(8)19)20-13(21)11-9(16)10(17)12(18)23-11;1-21-13(10-8(15)9(16)11(17)22-10)19-12(20-21)7-5(14)3-2-4-6(7)18;1-2-13-9(12)8-6(10)4-3-5-7(8)11;6-1-2(7)5(9)11-3(1)4(8)10/h3-5H,2H2,1H3;2-4H,1H3;3-5,12H,2H2,1H3;. The molecule has 69 heavy (non-hydrogen) atoms. The number of halogens is 16. The van der Waals surface area contributed by atoms with Crippen molar-refractivity contribution in [3.8, 4) is 22.1 Å². The Bertz CT molecular complexity index is 3010. The molecule has 0 aliphatic rings. The van der Waals surface area contributed by atoms with Crippen LogP contribution >= 0.6 is 185 Å². The zero-order chi connectivity index (χ0) is 51.6. The number of nitrogens with one attached hydrogen (secondary N) is 1. The molecule has 28 heteroatoms. The highest BCUT2D eigenvalue weighted by atomic mass is 35.5. The van der Waals surface area contributed by atoms with E-state index in [2.05, 4.69) is 15.1 Å². The Morgan fingerprint density at radius 1 is 0.638 bits per heavy atom. The molecule has 0 spiro atoms. The summed E-state index contributed by atoms with van der Waals surface area (Å²) in [7, 11) is 1.67. The Balaban J connectivity index is 0.000000209. The number of hydrogen-bond acceptors (Lipinski definition) is 10. The molecule has 0 saturated heterocycles. The Morgan fingerprint density at radius 3 is 1.52 bits per heavy atom. The molecule has 4 heterocycles. The van der Waals surface area contributed by atoms with Crippen LogP contribution in [0.5, 0.6) is 0 Å². The molecule has 0 radical (unpaired) electrons. The van der Waals surface area contributed by atoms with E-state index in [1.165, 1.54) is 64.5 Å². The van der Waals surface area contributed by atoms with Crippen LogP contribution in [0, 0.1) is 22.9 Å². The largest absolute Gasteiger partial charge is 0.478 e. The van der Waals surface area contributed by atoms with Crippen LogP contribution in [0.4, 0.5) is 13.2 Å². The predicted molar refractivity (Wildman–Crippen MR) is 282 cm³/mol. The second kappa shape index (κ2) is 27.2. The molecular formula is C41H23Cl13F3N5O4S3. The summed E-state index contributed by atoms with van der Waals surface area (Å²) in [5.41, 5.74) is 0.0520. The van der Waals surface area contributed by atoms with E-state index >= 15 is 0 Å². The molecule has 0 bridgehead atoms. The maximum atomic E-state index is 14.0. The average molecular weight is 1260 g/mol. The topological polar surface area (TPSA) is 120 Å². The van der Waals surface area contributed by atoms with Gasteiger partial charge in [0.15, 0.2) is 11.6 Å². The molecule has 0 saturated carbocycles. The van der Waals surface area contributed by atoms with Gasteiger partial charge in [0.1, 0.15) is 40.2 Å². The van der Waals surface area contributed by atoms with Gasteiger partial charge in [0.25, 0.3) is 11.1 Å². The maximum Gasteiger partial charge on any atom is 0.291 e. The first kappa shape index (κ1) is 59.3. The molecule has 0 aliphatic carbocycles. The van der Waals surface area contributed by atoms with Crippen molar-refractivity contribution in [2.75, 3.05) is 13.2 Å². The molecule has 7 rings (SSSR count). The van der Waals surface area contributed by atoms with Crippen molar-refractivity contribution in [3.05, 3.63) is 151 Å². The molecule has 9 nitrogen and oxygen atoms in total. The molecule has 0 unspecified atom stereocenters. The van der Waals surface area contributed by atoms with Gasteiger partial charge >= 0.3 is 0 Å². The van der Waals surface area contributed by atoms with Crippen LogP contribution in [-0.2, 0) is 16.5 Å². The Kier molecular flexibility index (Phi) is 23.3. The van der Waals surface area contributed by atoms with Gasteiger partial charge in [-0.05, 0) is 61.8 Å². The van der Waals surface area contributed by atoms with Crippen molar-refractivity contribution < 1.29 is 32.2 Å². The van der Waals surface area contributed by atoms with Crippen molar-refractivity contribution in [2.45, 2.75) is 13.8 Å². The number of thiophene rings is 3. The number of rotatable bonds is 8. The summed E-state index contributed by atoms with van der Waals surface area (Å²) in [5.74, 6) is -2.33. The number of aromatic nitrogens is 3. The summed E-state index contributed by atoms with van der Waals surface area (Å²) in [6.07, 6.45) is 0. The number of nitrogens with zero attached hydrogens (tertiary/aromatic N) is 4. The molecule has 0 aliphatic heterocycles. The third kappa shape index (κ3) is 14.9. The van der Waals surface area contributed by atoms with Crippen molar-refractivity contribution in [1.82, 2.24) is 14.8 Å². The fraction of sp³-hybridized carbons (Fsp3) is 0.122. The van der Waals surface area contributed by atoms with Crippen LogP contribution in [-0.4, -0.2) is 50.9 Å². The number of aliphatic imine (C=N–C) groups is 1. The van der Waals surface area contributed by atoms with Crippen molar-refractivity contribution in [2.24, 2.45) is 12.0 Å². The highest BCUT2D eigenvalue weighted by molar-refractivity contribution is 7.21. The van der Waals surface area contributed by atoms with Gasteiger partial charge in [-0.25, -0.2) is 22.8 Å². The first-order valence-electron chi connectivity index (χ1n) is 18.3. The Morgan fingerprint density at radius 2 is 1.10 bits per heavy atom. The molecule has 0 atom stereocenters. The van der Waals surface area contributed by atoms with Crippen LogP contribution < -0.4 is 0 Å². The fourth-order valence-corrected chi connectivity index (χ4v) is 11.1. The minimum Gasteiger partial charge on any atom is -0.478 e. The molecular weight excluding hydrogens is 1240 g/mol. The summed E-state index contributed by atoms with van der Waals surface area (Å²) >= 11 is 78.4. The zero-order valence-corrected chi connectivity index (χ0v) is 46.6. The van der Waals surface area contributed by atoms with Crippen LogP contribution in [0.1, 0.15) is 44.3 Å². The summed E-state index contributed by atoms with van der Waals surface area (Å²) in [5, 5.41) is 12.3. The lowest BCUT2D eigenvalue weighted by Gasteiger charge is -2.09.